The Morgan fingerprint density at radius 3 is 2.62 bits per heavy atom. The highest BCUT2D eigenvalue weighted by atomic mass is 35.5. The second-order valence-corrected chi connectivity index (χ2v) is 8.01. The van der Waals surface area contributed by atoms with Gasteiger partial charge in [-0.2, -0.15) is 0 Å². The topological polar surface area (TPSA) is 49.7 Å². The number of aliphatic hydroxyl groups is 1. The van der Waals surface area contributed by atoms with Crippen molar-refractivity contribution >= 4 is 34.2 Å². The van der Waals surface area contributed by atoms with Gasteiger partial charge < -0.3 is 5.11 Å². The fourth-order valence-corrected chi connectivity index (χ4v) is 3.77. The predicted molar refractivity (Wildman–Crippen MR) is 103 cm³/mol. The van der Waals surface area contributed by atoms with Crippen LogP contribution in [0.25, 0.3) is 0 Å². The summed E-state index contributed by atoms with van der Waals surface area (Å²) in [6.07, 6.45) is 2.58. The summed E-state index contributed by atoms with van der Waals surface area (Å²) >= 11 is 7.36. The zero-order chi connectivity index (χ0) is 17.7. The van der Waals surface area contributed by atoms with Crippen molar-refractivity contribution in [2.75, 3.05) is 6.54 Å². The van der Waals surface area contributed by atoms with Crippen molar-refractivity contribution in [1.82, 2.24) is 0 Å². The molecule has 0 unspecified atom stereocenters. The van der Waals surface area contributed by atoms with Crippen LogP contribution in [0, 0.1) is 5.41 Å². The van der Waals surface area contributed by atoms with E-state index in [-0.39, 0.29) is 17.0 Å². The van der Waals surface area contributed by atoms with Gasteiger partial charge in [-0.3, -0.25) is 9.79 Å². The Morgan fingerprint density at radius 1 is 1.38 bits per heavy atom. The summed E-state index contributed by atoms with van der Waals surface area (Å²) in [5, 5.41) is 11.7. The molecule has 0 spiro atoms. The second-order valence-electron chi connectivity index (χ2n) is 6.61. The van der Waals surface area contributed by atoms with E-state index < -0.39 is 0 Å². The largest absolute Gasteiger partial charge is 0.511 e. The summed E-state index contributed by atoms with van der Waals surface area (Å²) in [6.45, 7) is 8.06. The van der Waals surface area contributed by atoms with Crippen LogP contribution in [0.4, 0.5) is 0 Å². The standard InChI is InChI=1S/C19H22ClNO2S/c1-4-9-21-18(24-12-13-5-7-14(20)8-6-13)17-15(22)10-19(2,3)11-16(17)23/h4-8,22H,1,9-12H2,2-3H3. The maximum atomic E-state index is 12.5. The number of ketones is 1. The highest BCUT2D eigenvalue weighted by molar-refractivity contribution is 8.13. The zero-order valence-corrected chi connectivity index (χ0v) is 15.6. The Kier molecular flexibility index (Phi) is 6.30. The molecule has 0 saturated carbocycles. The molecule has 1 aliphatic rings. The predicted octanol–water partition coefficient (Wildman–Crippen LogP) is 5.36. The van der Waals surface area contributed by atoms with Gasteiger partial charge in [0, 0.05) is 23.6 Å². The highest BCUT2D eigenvalue weighted by Gasteiger charge is 2.35. The number of allylic oxidation sites excluding steroid dienone is 1. The Bertz CT molecular complexity index is 690. The van der Waals surface area contributed by atoms with Gasteiger partial charge in [0.2, 0.25) is 0 Å². The van der Waals surface area contributed by atoms with E-state index in [9.17, 15) is 9.90 Å². The van der Waals surface area contributed by atoms with Crippen molar-refractivity contribution in [3.05, 3.63) is 58.8 Å². The number of carbonyl (C=O) groups is 1. The number of aliphatic imine (C=N–C) groups is 1. The summed E-state index contributed by atoms with van der Waals surface area (Å²) < 4.78 is 0. The van der Waals surface area contributed by atoms with Gasteiger partial charge >= 0.3 is 0 Å². The van der Waals surface area contributed by atoms with Crippen LogP contribution in [0.15, 0.2) is 53.2 Å². The number of halogens is 1. The molecule has 128 valence electrons. The Labute approximate surface area is 152 Å². The van der Waals surface area contributed by atoms with Crippen molar-refractivity contribution in [2.45, 2.75) is 32.4 Å². The molecule has 0 fully saturated rings. The highest BCUT2D eigenvalue weighted by Crippen LogP contribution is 2.37. The van der Waals surface area contributed by atoms with E-state index in [2.05, 4.69) is 11.6 Å². The lowest BCUT2D eigenvalue weighted by atomic mass is 9.77. The molecule has 0 bridgehead atoms. The Balaban J connectivity index is 2.23. The van der Waals surface area contributed by atoms with Crippen molar-refractivity contribution < 1.29 is 9.90 Å². The number of nitrogens with zero attached hydrogens (tertiary/aromatic N) is 1. The molecule has 0 aromatic heterocycles. The molecule has 1 N–H and O–H groups in total. The molecule has 2 rings (SSSR count). The van der Waals surface area contributed by atoms with E-state index in [1.165, 1.54) is 11.8 Å². The van der Waals surface area contributed by atoms with Gasteiger partial charge in [-0.25, -0.2) is 0 Å². The summed E-state index contributed by atoms with van der Waals surface area (Å²) in [7, 11) is 0. The molecule has 0 radical (unpaired) electrons. The molecule has 1 aliphatic carbocycles. The minimum absolute atomic E-state index is 0.0461. The molecule has 1 aromatic carbocycles. The first-order valence-corrected chi connectivity index (χ1v) is 9.17. The molecule has 5 heteroatoms. The van der Waals surface area contributed by atoms with Gasteiger partial charge in [-0.05, 0) is 23.1 Å². The molecule has 0 atom stereocenters. The first kappa shape index (κ1) is 18.8. The van der Waals surface area contributed by atoms with E-state index in [0.29, 0.717) is 40.8 Å². The minimum atomic E-state index is -0.213. The van der Waals surface area contributed by atoms with Crippen LogP contribution in [-0.4, -0.2) is 22.5 Å². The van der Waals surface area contributed by atoms with E-state index in [1.807, 2.05) is 38.1 Å². The maximum Gasteiger partial charge on any atom is 0.169 e. The molecule has 3 nitrogen and oxygen atoms in total. The quantitative estimate of drug-likeness (QED) is 0.435. The number of rotatable bonds is 5. The van der Waals surface area contributed by atoms with Gasteiger partial charge in [0.15, 0.2) is 5.78 Å². The molecular weight excluding hydrogens is 342 g/mol. The number of carbonyl (C=O) groups excluding carboxylic acids is 1. The summed E-state index contributed by atoms with van der Waals surface area (Å²) in [5.41, 5.74) is 1.24. The van der Waals surface area contributed by atoms with Crippen LogP contribution in [0.2, 0.25) is 5.02 Å². The fourth-order valence-electron chi connectivity index (χ4n) is 2.61. The van der Waals surface area contributed by atoms with Crippen LogP contribution in [0.5, 0.6) is 0 Å². The zero-order valence-electron chi connectivity index (χ0n) is 14.0. The lowest BCUT2D eigenvalue weighted by Crippen LogP contribution is -2.28. The van der Waals surface area contributed by atoms with Crippen molar-refractivity contribution in [3.8, 4) is 0 Å². The minimum Gasteiger partial charge on any atom is -0.511 e. The summed E-state index contributed by atoms with van der Waals surface area (Å²) in [4.78, 5) is 17.0. The lowest BCUT2D eigenvalue weighted by Gasteiger charge is -2.29. The van der Waals surface area contributed by atoms with E-state index >= 15 is 0 Å². The van der Waals surface area contributed by atoms with Crippen LogP contribution < -0.4 is 0 Å². The maximum absolute atomic E-state index is 12.5. The number of hydrogen-bond acceptors (Lipinski definition) is 4. The van der Waals surface area contributed by atoms with Crippen molar-refractivity contribution in [1.29, 1.82) is 0 Å². The van der Waals surface area contributed by atoms with Crippen LogP contribution in [-0.2, 0) is 10.5 Å². The molecule has 0 aliphatic heterocycles. The SMILES string of the molecule is C=CCN=C(SCc1ccc(Cl)cc1)C1=C(O)CC(C)(C)CC1=O. The number of aliphatic hydroxyl groups excluding tert-OH is 1. The van der Waals surface area contributed by atoms with E-state index in [1.54, 1.807) is 6.08 Å². The third kappa shape index (κ3) is 4.99. The van der Waals surface area contributed by atoms with Gasteiger partial charge in [-0.15, -0.1) is 18.3 Å². The molecule has 0 heterocycles. The third-order valence-corrected chi connectivity index (χ3v) is 5.06. The van der Waals surface area contributed by atoms with Gasteiger partial charge in [-0.1, -0.05) is 43.7 Å². The summed E-state index contributed by atoms with van der Waals surface area (Å²) in [6, 6.07) is 7.56. The first-order valence-electron chi connectivity index (χ1n) is 7.80. The van der Waals surface area contributed by atoms with E-state index in [0.717, 1.165) is 5.56 Å². The molecule has 24 heavy (non-hydrogen) atoms. The van der Waals surface area contributed by atoms with Crippen LogP contribution >= 0.6 is 23.4 Å². The Hall–Kier alpha value is -1.52. The molecule has 0 saturated heterocycles. The van der Waals surface area contributed by atoms with E-state index in [4.69, 9.17) is 11.6 Å². The van der Waals surface area contributed by atoms with Crippen molar-refractivity contribution in [3.63, 3.8) is 0 Å². The number of Topliss-reactive ketones (excluding diaryl/α,β-unsaturated/α-hetero) is 1. The van der Waals surface area contributed by atoms with Crippen molar-refractivity contribution in [2.24, 2.45) is 10.4 Å². The third-order valence-electron chi connectivity index (χ3n) is 3.72. The molecule has 0 amide bonds. The second kappa shape index (κ2) is 8.04. The number of benzene rings is 1. The molecular formula is C19H22ClNO2S. The first-order chi connectivity index (χ1) is 11.3. The van der Waals surface area contributed by atoms with Gasteiger partial charge in [0.25, 0.3) is 0 Å². The number of thioether (sulfide) groups is 1. The average Bonchev–Trinajstić information content (AvgIpc) is 2.49. The smallest absolute Gasteiger partial charge is 0.169 e. The number of hydrogen-bond donors (Lipinski definition) is 1. The summed E-state index contributed by atoms with van der Waals surface area (Å²) in [5.74, 6) is 0.749. The molecule has 1 aromatic rings. The van der Waals surface area contributed by atoms with Gasteiger partial charge in [0.1, 0.15) is 10.8 Å². The Morgan fingerprint density at radius 2 is 2.04 bits per heavy atom. The van der Waals surface area contributed by atoms with Crippen LogP contribution in [0.3, 0.4) is 0 Å². The monoisotopic (exact) mass is 363 g/mol. The lowest BCUT2D eigenvalue weighted by molar-refractivity contribution is -0.117. The fraction of sp³-hybridized carbons (Fsp3) is 0.368. The normalized spacial score (nSPS) is 18.0. The van der Waals surface area contributed by atoms with Gasteiger partial charge in [0.05, 0.1) is 12.1 Å². The van der Waals surface area contributed by atoms with Crippen LogP contribution in [0.1, 0.15) is 32.3 Å². The average molecular weight is 364 g/mol.